The van der Waals surface area contributed by atoms with Crippen molar-refractivity contribution in [3.63, 3.8) is 0 Å². The van der Waals surface area contributed by atoms with E-state index >= 15 is 0 Å². The van der Waals surface area contributed by atoms with Crippen LogP contribution < -0.4 is 0 Å². The van der Waals surface area contributed by atoms with Crippen LogP contribution in [0.2, 0.25) is 0 Å². The van der Waals surface area contributed by atoms with Crippen molar-refractivity contribution in [2.75, 3.05) is 20.3 Å². The Morgan fingerprint density at radius 3 is 2.08 bits per heavy atom. The second kappa shape index (κ2) is 14.1. The first-order valence-corrected chi connectivity index (χ1v) is 13.7. The molecule has 0 radical (unpaired) electrons. The Morgan fingerprint density at radius 2 is 1.51 bits per heavy atom. The first-order chi connectivity index (χ1) is 18.7. The van der Waals surface area contributed by atoms with E-state index in [2.05, 4.69) is 6.07 Å². The summed E-state index contributed by atoms with van der Waals surface area (Å²) in [6.45, 7) is 5.69. The number of fused-ring (bicyclic) bond motifs is 2. The second-order valence-electron chi connectivity index (χ2n) is 10.5. The highest BCUT2D eigenvalue weighted by atomic mass is 16.5. The molecule has 39 heavy (non-hydrogen) atoms. The van der Waals surface area contributed by atoms with Crippen molar-refractivity contribution in [3.05, 3.63) is 60.2 Å². The van der Waals surface area contributed by atoms with Crippen LogP contribution in [0.25, 0.3) is 21.5 Å². The number of rotatable bonds is 14. The Bertz CT molecular complexity index is 1230. The summed E-state index contributed by atoms with van der Waals surface area (Å²) in [7, 11) is 1.31. The molecule has 3 unspecified atom stereocenters. The zero-order chi connectivity index (χ0) is 28.4. The smallest absolute Gasteiger partial charge is 0.311 e. The minimum Gasteiger partial charge on any atom is -0.469 e. The number of esters is 3. The Morgan fingerprint density at radius 1 is 0.897 bits per heavy atom. The molecule has 3 aromatic rings. The summed E-state index contributed by atoms with van der Waals surface area (Å²) in [5, 5.41) is 13.1. The Balaban J connectivity index is 1.73. The highest BCUT2D eigenvalue weighted by Crippen LogP contribution is 2.37. The van der Waals surface area contributed by atoms with Gasteiger partial charge in [0.2, 0.25) is 0 Å². The van der Waals surface area contributed by atoms with Crippen LogP contribution in [0.1, 0.15) is 58.4 Å². The van der Waals surface area contributed by atoms with Crippen LogP contribution in [-0.2, 0) is 35.2 Å². The molecule has 3 rings (SSSR count). The molecule has 7 heteroatoms. The van der Waals surface area contributed by atoms with Gasteiger partial charge in [0, 0.05) is 12.2 Å². The lowest BCUT2D eigenvalue weighted by molar-refractivity contribution is -0.159. The van der Waals surface area contributed by atoms with Gasteiger partial charge in [-0.25, -0.2) is 0 Å². The van der Waals surface area contributed by atoms with Gasteiger partial charge in [-0.2, -0.15) is 0 Å². The number of ether oxygens (including phenoxy) is 3. The van der Waals surface area contributed by atoms with Crippen molar-refractivity contribution < 1.29 is 33.7 Å². The van der Waals surface area contributed by atoms with Gasteiger partial charge in [-0.3, -0.25) is 14.4 Å². The number of carbonyl (C=O) groups is 3. The third-order valence-electron chi connectivity index (χ3n) is 7.40. The van der Waals surface area contributed by atoms with Crippen LogP contribution in [0.4, 0.5) is 0 Å². The standard InChI is InChI=1S/C32H40O7/c1-5-23(30(35)38-17-11-10-16-33)20-32(3,31(36)37-4)19-22(2)29(34)39-21-28-26-14-8-6-12-24(26)18-25-13-7-9-15-27(25)28/h6-9,12-15,18,22-23,33H,5,10-11,16-17,19-21H2,1-4H3. The zero-order valence-electron chi connectivity index (χ0n) is 23.4. The van der Waals surface area contributed by atoms with Gasteiger partial charge in [0.15, 0.2) is 0 Å². The van der Waals surface area contributed by atoms with Gasteiger partial charge in [0.25, 0.3) is 0 Å². The normalized spacial score (nSPS) is 14.4. The number of aliphatic hydroxyl groups excluding tert-OH is 1. The van der Waals surface area contributed by atoms with E-state index in [0.29, 0.717) is 19.3 Å². The molecule has 0 heterocycles. The fraction of sp³-hybridized carbons (Fsp3) is 0.469. The quantitative estimate of drug-likeness (QED) is 0.117. The average Bonchev–Trinajstić information content (AvgIpc) is 2.95. The van der Waals surface area contributed by atoms with Gasteiger partial charge in [0.05, 0.1) is 31.0 Å². The van der Waals surface area contributed by atoms with Crippen molar-refractivity contribution in [3.8, 4) is 0 Å². The number of aliphatic hydroxyl groups is 1. The van der Waals surface area contributed by atoms with E-state index < -0.39 is 29.2 Å². The van der Waals surface area contributed by atoms with Gasteiger partial charge >= 0.3 is 17.9 Å². The molecular formula is C32H40O7. The molecule has 0 saturated heterocycles. The monoisotopic (exact) mass is 536 g/mol. The van der Waals surface area contributed by atoms with Gasteiger partial charge < -0.3 is 19.3 Å². The Hall–Kier alpha value is -3.45. The lowest BCUT2D eigenvalue weighted by Gasteiger charge is -2.31. The minimum absolute atomic E-state index is 0.0415. The van der Waals surface area contributed by atoms with Crippen molar-refractivity contribution in [2.24, 2.45) is 17.3 Å². The summed E-state index contributed by atoms with van der Waals surface area (Å²) in [4.78, 5) is 38.8. The predicted molar refractivity (Wildman–Crippen MR) is 151 cm³/mol. The van der Waals surface area contributed by atoms with Crippen LogP contribution in [0.3, 0.4) is 0 Å². The number of hydrogen-bond donors (Lipinski definition) is 1. The van der Waals surface area contributed by atoms with E-state index in [1.54, 1.807) is 13.8 Å². The van der Waals surface area contributed by atoms with Crippen molar-refractivity contribution in [1.82, 2.24) is 0 Å². The summed E-state index contributed by atoms with van der Waals surface area (Å²) in [5.74, 6) is -2.40. The lowest BCUT2D eigenvalue weighted by atomic mass is 9.74. The molecule has 0 aliphatic rings. The van der Waals surface area contributed by atoms with E-state index in [0.717, 1.165) is 27.1 Å². The summed E-state index contributed by atoms with van der Waals surface area (Å²) in [6.07, 6.45) is 1.97. The highest BCUT2D eigenvalue weighted by molar-refractivity contribution is 6.02. The summed E-state index contributed by atoms with van der Waals surface area (Å²) >= 11 is 0. The van der Waals surface area contributed by atoms with Gasteiger partial charge in [0.1, 0.15) is 6.61 Å². The SMILES string of the molecule is CCC(CC(C)(CC(C)C(=O)OCc1c2ccccc2cc2ccccc12)C(=O)OC)C(=O)OCCCCO. The maximum Gasteiger partial charge on any atom is 0.311 e. The maximum atomic E-state index is 13.2. The van der Waals surface area contributed by atoms with Crippen molar-refractivity contribution in [1.29, 1.82) is 0 Å². The van der Waals surface area contributed by atoms with Gasteiger partial charge in [-0.1, -0.05) is 62.4 Å². The van der Waals surface area contributed by atoms with E-state index in [1.807, 2.05) is 55.5 Å². The number of methoxy groups -OCH3 is 1. The summed E-state index contributed by atoms with van der Waals surface area (Å²) < 4.78 is 16.3. The summed E-state index contributed by atoms with van der Waals surface area (Å²) in [6, 6.07) is 18.2. The molecule has 7 nitrogen and oxygen atoms in total. The topological polar surface area (TPSA) is 99.1 Å². The number of benzene rings is 3. The van der Waals surface area contributed by atoms with E-state index in [4.69, 9.17) is 19.3 Å². The first kappa shape index (κ1) is 30.1. The Kier molecular flexibility index (Phi) is 10.9. The maximum absolute atomic E-state index is 13.2. The molecule has 3 aromatic carbocycles. The molecule has 0 fully saturated rings. The predicted octanol–water partition coefficient (Wildman–Crippen LogP) is 5.97. The number of hydrogen-bond acceptors (Lipinski definition) is 7. The van der Waals surface area contributed by atoms with Crippen LogP contribution in [0.5, 0.6) is 0 Å². The van der Waals surface area contributed by atoms with E-state index in [9.17, 15) is 14.4 Å². The zero-order valence-corrected chi connectivity index (χ0v) is 23.4. The fourth-order valence-corrected chi connectivity index (χ4v) is 5.25. The number of carbonyl (C=O) groups excluding carboxylic acids is 3. The minimum atomic E-state index is -1.08. The summed E-state index contributed by atoms with van der Waals surface area (Å²) in [5.41, 5.74) is -0.139. The van der Waals surface area contributed by atoms with Crippen LogP contribution in [0.15, 0.2) is 54.6 Å². The molecule has 0 bridgehead atoms. The molecule has 210 valence electrons. The first-order valence-electron chi connectivity index (χ1n) is 13.7. The fourth-order valence-electron chi connectivity index (χ4n) is 5.25. The molecule has 0 aliphatic carbocycles. The largest absolute Gasteiger partial charge is 0.469 e. The molecule has 0 aliphatic heterocycles. The van der Waals surface area contributed by atoms with Gasteiger partial charge in [-0.15, -0.1) is 0 Å². The molecule has 0 saturated carbocycles. The van der Waals surface area contributed by atoms with Crippen LogP contribution in [-0.4, -0.2) is 43.3 Å². The average molecular weight is 537 g/mol. The van der Waals surface area contributed by atoms with Gasteiger partial charge in [-0.05, 0) is 66.6 Å². The highest BCUT2D eigenvalue weighted by Gasteiger charge is 2.41. The molecular weight excluding hydrogens is 496 g/mol. The van der Waals surface area contributed by atoms with E-state index in [-0.39, 0.29) is 38.6 Å². The lowest BCUT2D eigenvalue weighted by Crippen LogP contribution is -2.37. The number of unbranched alkanes of at least 4 members (excludes halogenated alkanes) is 1. The van der Waals surface area contributed by atoms with Crippen molar-refractivity contribution >= 4 is 39.5 Å². The van der Waals surface area contributed by atoms with Crippen molar-refractivity contribution in [2.45, 2.75) is 59.5 Å². The molecule has 1 N–H and O–H groups in total. The van der Waals surface area contributed by atoms with E-state index in [1.165, 1.54) is 7.11 Å². The molecule has 3 atom stereocenters. The molecule has 0 spiro atoms. The Labute approximate surface area is 230 Å². The second-order valence-corrected chi connectivity index (χ2v) is 10.5. The molecule has 0 amide bonds. The van der Waals surface area contributed by atoms with Crippen LogP contribution >= 0.6 is 0 Å². The third-order valence-corrected chi connectivity index (χ3v) is 7.40. The van der Waals surface area contributed by atoms with Crippen LogP contribution in [0, 0.1) is 17.3 Å². The molecule has 0 aromatic heterocycles. The third kappa shape index (κ3) is 7.57.